The average Bonchev–Trinajstić information content (AvgIpc) is 3.16. The monoisotopic (exact) mass is 777 g/mol. The van der Waals surface area contributed by atoms with Gasteiger partial charge in [0.15, 0.2) is 11.4 Å². The average molecular weight is 778 g/mol. The van der Waals surface area contributed by atoms with E-state index in [1.54, 1.807) is 13.0 Å². The molecule has 2 aromatic rings. The molecule has 56 heavy (non-hydrogen) atoms. The summed E-state index contributed by atoms with van der Waals surface area (Å²) in [6.45, 7) is 9.13. The number of hydrogen-bond donors (Lipinski definition) is 6. The van der Waals surface area contributed by atoms with Crippen molar-refractivity contribution >= 4 is 40.3 Å². The number of Topliss-reactive ketones (excluding diaryl/α,β-unsaturated/α-hetero) is 2. The van der Waals surface area contributed by atoms with Crippen LogP contribution >= 0.6 is 0 Å². The number of nitrogens with zero attached hydrogens (tertiary/aromatic N) is 4. The molecule has 16 heteroatoms. The Morgan fingerprint density at radius 3 is 2.23 bits per heavy atom. The van der Waals surface area contributed by atoms with Gasteiger partial charge in [0.1, 0.15) is 40.0 Å². The molecule has 0 radical (unpaired) electrons. The fourth-order valence-corrected chi connectivity index (χ4v) is 8.42. The van der Waals surface area contributed by atoms with E-state index < -0.39 is 81.4 Å². The molecule has 0 aromatic heterocycles. The third-order valence-corrected chi connectivity index (χ3v) is 11.3. The van der Waals surface area contributed by atoms with E-state index >= 15 is 0 Å². The van der Waals surface area contributed by atoms with Crippen molar-refractivity contribution in [1.29, 1.82) is 0 Å². The number of likely N-dealkylation sites (N-methyl/N-ethyl adjacent to an activating group) is 1. The lowest BCUT2D eigenvalue weighted by Gasteiger charge is -2.53. The summed E-state index contributed by atoms with van der Waals surface area (Å²) in [4.78, 5) is 43.8. The lowest BCUT2D eigenvalue weighted by Crippen LogP contribution is -2.70. The fourth-order valence-electron chi connectivity index (χ4n) is 8.42. The number of fused-ring (bicyclic) bond motifs is 3. The Morgan fingerprint density at radius 2 is 1.62 bits per heavy atom. The van der Waals surface area contributed by atoms with Crippen LogP contribution in [0.1, 0.15) is 63.5 Å². The van der Waals surface area contributed by atoms with E-state index in [0.717, 1.165) is 31.4 Å². The molecular weight excluding hydrogens is 726 g/mol. The molecule has 6 rings (SSSR count). The van der Waals surface area contributed by atoms with Crippen LogP contribution in [0.15, 0.2) is 51.4 Å². The quantitative estimate of drug-likeness (QED) is 0.0956. The number of aromatic hydroxyl groups is 1. The zero-order valence-electron chi connectivity index (χ0n) is 32.3. The molecule has 3 aliphatic carbocycles. The van der Waals surface area contributed by atoms with Gasteiger partial charge in [-0.3, -0.25) is 19.3 Å². The van der Waals surface area contributed by atoms with Gasteiger partial charge in [-0.05, 0) is 50.6 Å². The number of anilines is 1. The van der Waals surface area contributed by atoms with E-state index in [4.69, 9.17) is 19.9 Å². The standard InChI is InChI=1S/C40H51N5O11/c1-6-8-14-55-25-19-23(45-12-16-54-17-13-45)26(56-15-9-7-2)18-22(25)43-42-21-10-11-24(46)29-27(21)20(3)28-30(34(29)47)37(50)40(53)32(35(28)48)33(44(4)5)36(49)31(38(40)51)39(41)52/h10-11,18-20,28,32-33,35,46-48,51,53H,6-9,12-17H2,1-5H3,(H2,41,52). The lowest BCUT2D eigenvalue weighted by molar-refractivity contribution is -0.169. The van der Waals surface area contributed by atoms with E-state index in [2.05, 4.69) is 29.0 Å². The first-order valence-corrected chi connectivity index (χ1v) is 19.1. The molecule has 1 amide bonds. The van der Waals surface area contributed by atoms with Crippen LogP contribution in [0.3, 0.4) is 0 Å². The van der Waals surface area contributed by atoms with Gasteiger partial charge in [-0.2, -0.15) is 5.11 Å². The summed E-state index contributed by atoms with van der Waals surface area (Å²) in [6, 6.07) is 4.93. The Morgan fingerprint density at radius 1 is 1.00 bits per heavy atom. The van der Waals surface area contributed by atoms with E-state index in [1.807, 2.05) is 6.07 Å². The van der Waals surface area contributed by atoms with Crippen LogP contribution in [0.2, 0.25) is 0 Å². The lowest BCUT2D eigenvalue weighted by atomic mass is 9.54. The Labute approximate surface area is 324 Å². The molecule has 6 unspecified atom stereocenters. The number of azo groups is 1. The molecule has 2 fully saturated rings. The summed E-state index contributed by atoms with van der Waals surface area (Å²) in [7, 11) is 2.90. The first-order chi connectivity index (χ1) is 26.7. The van der Waals surface area contributed by atoms with Crippen LogP contribution in [0.25, 0.3) is 5.76 Å². The van der Waals surface area contributed by atoms with Crippen LogP contribution < -0.4 is 20.1 Å². The molecule has 6 atom stereocenters. The SMILES string of the molecule is CCCCOc1cc(N2CCOCC2)c(OCCCC)cc1N=Nc1ccc(O)c2c1C(C)C1C(=C2O)C(=O)C2(O)C(O)=C(C(N)=O)C(=O)C(N(C)C)C2C1O. The van der Waals surface area contributed by atoms with E-state index in [9.17, 15) is 39.9 Å². The minimum Gasteiger partial charge on any atom is -0.508 e. The molecule has 7 N–H and O–H groups in total. The number of carbonyl (C=O) groups excluding carboxylic acids is 3. The number of nitrogens with two attached hydrogens (primary N) is 1. The topological polar surface area (TPSA) is 237 Å². The van der Waals surface area contributed by atoms with Crippen LogP contribution in [-0.4, -0.2) is 119 Å². The second-order valence-corrected chi connectivity index (χ2v) is 14.9. The van der Waals surface area contributed by atoms with Gasteiger partial charge >= 0.3 is 0 Å². The number of benzene rings is 2. The van der Waals surface area contributed by atoms with Crippen molar-refractivity contribution < 1.29 is 54.1 Å². The number of primary amides is 1. The second kappa shape index (κ2) is 16.2. The summed E-state index contributed by atoms with van der Waals surface area (Å²) in [6.07, 6.45) is 1.72. The van der Waals surface area contributed by atoms with Crippen molar-refractivity contribution in [2.75, 3.05) is 58.5 Å². The molecular formula is C40H51N5O11. The third kappa shape index (κ3) is 6.77. The Hall–Kier alpha value is -5.03. The zero-order chi connectivity index (χ0) is 40.6. The van der Waals surface area contributed by atoms with Gasteiger partial charge in [-0.15, -0.1) is 5.11 Å². The first-order valence-electron chi connectivity index (χ1n) is 19.1. The van der Waals surface area contributed by atoms with Gasteiger partial charge in [-0.25, -0.2) is 0 Å². The summed E-state index contributed by atoms with van der Waals surface area (Å²) >= 11 is 0. The van der Waals surface area contributed by atoms with Crippen molar-refractivity contribution in [3.63, 3.8) is 0 Å². The van der Waals surface area contributed by atoms with E-state index in [1.165, 1.54) is 31.1 Å². The normalized spacial score (nSPS) is 26.4. The van der Waals surface area contributed by atoms with Crippen molar-refractivity contribution in [3.8, 4) is 17.2 Å². The molecule has 1 heterocycles. The smallest absolute Gasteiger partial charge is 0.255 e. The molecule has 4 aliphatic rings. The second-order valence-electron chi connectivity index (χ2n) is 14.9. The molecule has 1 aliphatic heterocycles. The fraction of sp³-hybridized carbons (Fsp3) is 0.525. The highest BCUT2D eigenvalue weighted by molar-refractivity contribution is 6.24. The summed E-state index contributed by atoms with van der Waals surface area (Å²) < 4.78 is 18.1. The Balaban J connectivity index is 1.49. The van der Waals surface area contributed by atoms with E-state index in [-0.39, 0.29) is 16.8 Å². The number of rotatable bonds is 13. The highest BCUT2D eigenvalue weighted by atomic mass is 16.5. The number of amides is 1. The van der Waals surface area contributed by atoms with Gasteiger partial charge in [0.25, 0.3) is 5.91 Å². The van der Waals surface area contributed by atoms with Gasteiger partial charge in [0.05, 0.1) is 61.4 Å². The minimum atomic E-state index is -3.02. The molecule has 1 saturated carbocycles. The maximum Gasteiger partial charge on any atom is 0.255 e. The predicted octanol–water partition coefficient (Wildman–Crippen LogP) is 4.11. The van der Waals surface area contributed by atoms with Crippen LogP contribution in [-0.2, 0) is 19.1 Å². The summed E-state index contributed by atoms with van der Waals surface area (Å²) in [5.41, 5.74) is 2.35. The summed E-state index contributed by atoms with van der Waals surface area (Å²) in [5.74, 6) is -8.91. The van der Waals surface area contributed by atoms with Crippen molar-refractivity contribution in [1.82, 2.24) is 4.90 Å². The number of phenolic OH excluding ortho intramolecular Hbond substituents is 1. The van der Waals surface area contributed by atoms with Crippen molar-refractivity contribution in [2.24, 2.45) is 27.8 Å². The van der Waals surface area contributed by atoms with E-state index in [0.29, 0.717) is 56.7 Å². The maximum absolute atomic E-state index is 14.4. The zero-order valence-corrected chi connectivity index (χ0v) is 32.3. The van der Waals surface area contributed by atoms with Crippen LogP contribution in [0, 0.1) is 11.8 Å². The number of ether oxygens (including phenoxy) is 3. The third-order valence-electron chi connectivity index (χ3n) is 11.3. The highest BCUT2D eigenvalue weighted by Gasteiger charge is 2.68. The highest BCUT2D eigenvalue weighted by Crippen LogP contribution is 2.57. The largest absolute Gasteiger partial charge is 0.508 e. The molecule has 2 aromatic carbocycles. The number of hydrogen-bond acceptors (Lipinski definition) is 15. The number of aliphatic hydroxyl groups is 4. The summed E-state index contributed by atoms with van der Waals surface area (Å²) in [5, 5.41) is 67.4. The minimum absolute atomic E-state index is 0.184. The molecule has 0 spiro atoms. The van der Waals surface area contributed by atoms with Crippen molar-refractivity contribution in [3.05, 3.63) is 52.3 Å². The number of morpholine rings is 1. The van der Waals surface area contributed by atoms with Gasteiger partial charge < -0.3 is 50.4 Å². The van der Waals surface area contributed by atoms with Crippen LogP contribution in [0.5, 0.6) is 17.2 Å². The number of carbonyl (C=O) groups is 3. The van der Waals surface area contributed by atoms with Gasteiger partial charge in [0, 0.05) is 36.7 Å². The number of ketones is 2. The maximum atomic E-state index is 14.4. The first kappa shape index (κ1) is 40.6. The number of aliphatic hydroxyl groups excluding tert-OH is 3. The number of unbranched alkanes of at least 4 members (excludes halogenated alkanes) is 2. The van der Waals surface area contributed by atoms with Gasteiger partial charge in [0.2, 0.25) is 5.78 Å². The number of phenols is 1. The van der Waals surface area contributed by atoms with Gasteiger partial charge in [-0.1, -0.05) is 33.6 Å². The molecule has 302 valence electrons. The Bertz CT molecular complexity index is 1990. The molecule has 0 bridgehead atoms. The predicted molar refractivity (Wildman–Crippen MR) is 205 cm³/mol. The molecule has 16 nitrogen and oxygen atoms in total. The van der Waals surface area contributed by atoms with Crippen LogP contribution in [0.4, 0.5) is 17.1 Å². The van der Waals surface area contributed by atoms with Crippen molar-refractivity contribution in [2.45, 2.75) is 70.1 Å². The Kier molecular flexibility index (Phi) is 11.8. The molecule has 1 saturated heterocycles.